The van der Waals surface area contributed by atoms with E-state index in [4.69, 9.17) is 0 Å². The molecular weight excluding hydrogens is 226 g/mol. The minimum Gasteiger partial charge on any atom is -0.386 e. The minimum absolute atomic E-state index is 0.234. The van der Waals surface area contributed by atoms with Crippen LogP contribution in [0.2, 0.25) is 0 Å². The molecule has 6 nitrogen and oxygen atoms in total. The predicted octanol–water partition coefficient (Wildman–Crippen LogP) is 0.987. The third-order valence-corrected chi connectivity index (χ3v) is 2.75. The molecule has 0 amide bonds. The van der Waals surface area contributed by atoms with Gasteiger partial charge in [-0.15, -0.1) is 5.10 Å². The zero-order valence-electron chi connectivity index (χ0n) is 9.11. The highest BCUT2D eigenvalue weighted by molar-refractivity contribution is 7.03. The van der Waals surface area contributed by atoms with Gasteiger partial charge in [0.15, 0.2) is 0 Å². The molecule has 2 rings (SSSR count). The van der Waals surface area contributed by atoms with E-state index in [0.717, 1.165) is 5.82 Å². The fraction of sp³-hybridized carbons (Fsp3) is 0.556. The summed E-state index contributed by atoms with van der Waals surface area (Å²) in [5, 5.41) is 19.6. The van der Waals surface area contributed by atoms with E-state index in [1.165, 1.54) is 17.9 Å². The monoisotopic (exact) mass is 239 g/mol. The first-order valence-corrected chi connectivity index (χ1v) is 5.85. The van der Waals surface area contributed by atoms with Crippen LogP contribution in [0, 0.1) is 0 Å². The highest BCUT2D eigenvalue weighted by Gasteiger charge is 2.16. The lowest BCUT2D eigenvalue weighted by molar-refractivity contribution is 0.168. The van der Waals surface area contributed by atoms with Crippen LogP contribution in [0.1, 0.15) is 37.5 Å². The third-order valence-electron chi connectivity index (χ3n) is 2.23. The van der Waals surface area contributed by atoms with E-state index in [1.54, 1.807) is 10.1 Å². The average molecular weight is 239 g/mol. The molecule has 86 valence electrons. The van der Waals surface area contributed by atoms with Gasteiger partial charge in [-0.1, -0.05) is 4.49 Å². The van der Waals surface area contributed by atoms with Crippen molar-refractivity contribution in [3.05, 3.63) is 23.2 Å². The highest BCUT2D eigenvalue weighted by Crippen LogP contribution is 2.17. The summed E-state index contributed by atoms with van der Waals surface area (Å²) >= 11 is 1.23. The van der Waals surface area contributed by atoms with E-state index < -0.39 is 6.10 Å². The first-order chi connectivity index (χ1) is 7.68. The first-order valence-electron chi connectivity index (χ1n) is 5.02. The Kier molecular flexibility index (Phi) is 3.25. The Hall–Kier alpha value is -1.34. The number of nitrogens with zero attached hydrogens (tertiary/aromatic N) is 5. The van der Waals surface area contributed by atoms with Gasteiger partial charge in [0.25, 0.3) is 0 Å². The Bertz CT molecular complexity index is 438. The molecule has 1 atom stereocenters. The van der Waals surface area contributed by atoms with Gasteiger partial charge in [0, 0.05) is 17.8 Å². The zero-order valence-corrected chi connectivity index (χ0v) is 9.92. The van der Waals surface area contributed by atoms with Crippen LogP contribution in [0.15, 0.2) is 11.7 Å². The largest absolute Gasteiger partial charge is 0.386 e. The lowest BCUT2D eigenvalue weighted by Gasteiger charge is -2.11. The Balaban J connectivity index is 2.12. The van der Waals surface area contributed by atoms with E-state index in [1.807, 2.05) is 13.8 Å². The van der Waals surface area contributed by atoms with Crippen LogP contribution in [0.4, 0.5) is 0 Å². The van der Waals surface area contributed by atoms with E-state index >= 15 is 0 Å². The van der Waals surface area contributed by atoms with Gasteiger partial charge >= 0.3 is 0 Å². The summed E-state index contributed by atoms with van der Waals surface area (Å²) in [5.41, 5.74) is 0.586. The number of rotatable bonds is 4. The van der Waals surface area contributed by atoms with Crippen molar-refractivity contribution < 1.29 is 5.11 Å². The van der Waals surface area contributed by atoms with Crippen molar-refractivity contribution in [1.82, 2.24) is 24.4 Å². The molecule has 0 bridgehead atoms. The number of aliphatic hydroxyl groups excluding tert-OH is 1. The summed E-state index contributed by atoms with van der Waals surface area (Å²) < 4.78 is 5.51. The second-order valence-corrected chi connectivity index (χ2v) is 4.37. The van der Waals surface area contributed by atoms with Crippen molar-refractivity contribution in [2.75, 3.05) is 0 Å². The maximum absolute atomic E-state index is 9.91. The summed E-state index contributed by atoms with van der Waals surface area (Å²) in [6, 6.07) is 0.234. The van der Waals surface area contributed by atoms with Crippen LogP contribution in [0.3, 0.4) is 0 Å². The van der Waals surface area contributed by atoms with E-state index in [-0.39, 0.29) is 6.04 Å². The molecule has 0 spiro atoms. The SMILES string of the molecule is CC(C)n1ncnc1CC(O)c1csnn1. The molecule has 0 aliphatic rings. The van der Waals surface area contributed by atoms with Crippen molar-refractivity contribution >= 4 is 11.5 Å². The van der Waals surface area contributed by atoms with Gasteiger partial charge in [0.2, 0.25) is 0 Å². The molecule has 1 N–H and O–H groups in total. The van der Waals surface area contributed by atoms with Crippen molar-refractivity contribution in [2.45, 2.75) is 32.4 Å². The van der Waals surface area contributed by atoms with Crippen LogP contribution in [0.25, 0.3) is 0 Å². The molecule has 0 saturated heterocycles. The maximum atomic E-state index is 9.91. The van der Waals surface area contributed by atoms with Gasteiger partial charge in [-0.05, 0) is 25.4 Å². The number of aliphatic hydroxyl groups is 1. The highest BCUT2D eigenvalue weighted by atomic mass is 32.1. The van der Waals surface area contributed by atoms with Crippen molar-refractivity contribution in [2.24, 2.45) is 0 Å². The van der Waals surface area contributed by atoms with E-state index in [9.17, 15) is 5.11 Å². The minimum atomic E-state index is -0.666. The molecule has 0 saturated carbocycles. The number of hydrogen-bond donors (Lipinski definition) is 1. The number of hydrogen-bond acceptors (Lipinski definition) is 6. The second-order valence-electron chi connectivity index (χ2n) is 3.76. The van der Waals surface area contributed by atoms with Gasteiger partial charge in [0.1, 0.15) is 23.9 Å². The fourth-order valence-corrected chi connectivity index (χ4v) is 1.95. The summed E-state index contributed by atoms with van der Waals surface area (Å²) in [6.07, 6.45) is 1.24. The first kappa shape index (κ1) is 11.2. The van der Waals surface area contributed by atoms with Gasteiger partial charge in [-0.3, -0.25) is 0 Å². The van der Waals surface area contributed by atoms with Gasteiger partial charge in [-0.25, -0.2) is 9.67 Å². The molecule has 2 aromatic rings. The van der Waals surface area contributed by atoms with Crippen molar-refractivity contribution in [3.63, 3.8) is 0 Å². The molecule has 0 aliphatic heterocycles. The van der Waals surface area contributed by atoms with Gasteiger partial charge < -0.3 is 5.11 Å². The Labute approximate surface area is 97.1 Å². The quantitative estimate of drug-likeness (QED) is 0.860. The molecular formula is C9H13N5OS. The fourth-order valence-electron chi connectivity index (χ4n) is 1.45. The lowest BCUT2D eigenvalue weighted by Crippen LogP contribution is -2.12. The van der Waals surface area contributed by atoms with Crippen LogP contribution < -0.4 is 0 Å². The van der Waals surface area contributed by atoms with E-state index in [2.05, 4.69) is 19.7 Å². The Morgan fingerprint density at radius 2 is 2.31 bits per heavy atom. The lowest BCUT2D eigenvalue weighted by atomic mass is 10.2. The molecule has 0 fully saturated rings. The average Bonchev–Trinajstić information content (AvgIpc) is 2.86. The Morgan fingerprint density at radius 1 is 1.50 bits per heavy atom. The summed E-state index contributed by atoms with van der Waals surface area (Å²) in [7, 11) is 0. The summed E-state index contributed by atoms with van der Waals surface area (Å²) in [6.45, 7) is 4.05. The molecule has 1 unspecified atom stereocenters. The van der Waals surface area contributed by atoms with Crippen molar-refractivity contribution in [3.8, 4) is 0 Å². The standard InChI is InChI=1S/C9H13N5OS/c1-6(2)14-9(10-5-11-14)3-8(15)7-4-16-13-12-7/h4-6,8,15H,3H2,1-2H3. The Morgan fingerprint density at radius 3 is 2.94 bits per heavy atom. The third kappa shape index (κ3) is 2.25. The normalized spacial score (nSPS) is 13.2. The molecule has 0 aliphatic carbocycles. The molecule has 2 aromatic heterocycles. The molecule has 16 heavy (non-hydrogen) atoms. The second kappa shape index (κ2) is 4.67. The molecule has 0 radical (unpaired) electrons. The summed E-state index contributed by atoms with van der Waals surface area (Å²) in [5.74, 6) is 0.760. The molecule has 7 heteroatoms. The molecule has 0 aromatic carbocycles. The zero-order chi connectivity index (χ0) is 11.5. The topological polar surface area (TPSA) is 76.7 Å². The maximum Gasteiger partial charge on any atom is 0.138 e. The molecule has 2 heterocycles. The van der Waals surface area contributed by atoms with Crippen LogP contribution in [-0.2, 0) is 6.42 Å². The predicted molar refractivity (Wildman–Crippen MR) is 59.0 cm³/mol. The van der Waals surface area contributed by atoms with Gasteiger partial charge in [0.05, 0.1) is 0 Å². The van der Waals surface area contributed by atoms with Crippen LogP contribution in [-0.4, -0.2) is 29.5 Å². The van der Waals surface area contributed by atoms with Gasteiger partial charge in [-0.2, -0.15) is 5.10 Å². The van der Waals surface area contributed by atoms with Crippen molar-refractivity contribution in [1.29, 1.82) is 0 Å². The smallest absolute Gasteiger partial charge is 0.138 e. The van der Waals surface area contributed by atoms with E-state index in [0.29, 0.717) is 12.1 Å². The van der Waals surface area contributed by atoms with Crippen LogP contribution in [0.5, 0.6) is 0 Å². The number of aromatic nitrogens is 5. The van der Waals surface area contributed by atoms with Crippen LogP contribution >= 0.6 is 11.5 Å². The summed E-state index contributed by atoms with van der Waals surface area (Å²) in [4.78, 5) is 4.13.